The first-order valence-corrected chi connectivity index (χ1v) is 7.14. The van der Waals surface area contributed by atoms with Gasteiger partial charge in [0.1, 0.15) is 11.5 Å². The van der Waals surface area contributed by atoms with Crippen LogP contribution in [0.15, 0.2) is 30.3 Å². The molecule has 0 radical (unpaired) electrons. The number of ether oxygens (including phenoxy) is 2. The summed E-state index contributed by atoms with van der Waals surface area (Å²) >= 11 is 6.11. The summed E-state index contributed by atoms with van der Waals surface area (Å²) in [5.74, 6) is 1.32. The van der Waals surface area contributed by atoms with Gasteiger partial charge in [-0.15, -0.1) is 0 Å². The van der Waals surface area contributed by atoms with E-state index in [1.165, 1.54) is 16.7 Å². The van der Waals surface area contributed by atoms with Crippen molar-refractivity contribution >= 4 is 17.3 Å². The minimum Gasteiger partial charge on any atom is -0.495 e. The molecule has 21 heavy (non-hydrogen) atoms. The van der Waals surface area contributed by atoms with E-state index in [1.54, 1.807) is 20.3 Å². The Balaban J connectivity index is 2.22. The maximum Gasteiger partial charge on any atom is 0.143 e. The van der Waals surface area contributed by atoms with E-state index < -0.39 is 0 Å². The van der Waals surface area contributed by atoms with Crippen molar-refractivity contribution in [1.82, 2.24) is 0 Å². The lowest BCUT2D eigenvalue weighted by atomic mass is 10.1. The number of aryl methyl sites for hydroxylation is 2. The summed E-state index contributed by atoms with van der Waals surface area (Å²) in [7, 11) is 3.22. The second kappa shape index (κ2) is 6.72. The van der Waals surface area contributed by atoms with Crippen LogP contribution in [0.25, 0.3) is 0 Å². The minimum atomic E-state index is 0.534. The molecule has 2 aromatic carbocycles. The topological polar surface area (TPSA) is 30.5 Å². The highest BCUT2D eigenvalue weighted by Gasteiger charge is 2.09. The van der Waals surface area contributed by atoms with Gasteiger partial charge in [-0.3, -0.25) is 0 Å². The molecular formula is C17H20ClNO2. The Hall–Kier alpha value is -1.87. The molecular weight excluding hydrogens is 286 g/mol. The summed E-state index contributed by atoms with van der Waals surface area (Å²) in [4.78, 5) is 0. The van der Waals surface area contributed by atoms with Crippen LogP contribution in [0.4, 0.5) is 5.69 Å². The van der Waals surface area contributed by atoms with E-state index in [0.717, 1.165) is 5.69 Å². The zero-order chi connectivity index (χ0) is 15.4. The third-order valence-electron chi connectivity index (χ3n) is 3.24. The van der Waals surface area contributed by atoms with Gasteiger partial charge < -0.3 is 14.8 Å². The first kappa shape index (κ1) is 15.5. The van der Waals surface area contributed by atoms with Gasteiger partial charge >= 0.3 is 0 Å². The van der Waals surface area contributed by atoms with E-state index in [1.807, 2.05) is 6.07 Å². The van der Waals surface area contributed by atoms with E-state index in [0.29, 0.717) is 23.1 Å². The van der Waals surface area contributed by atoms with Crippen molar-refractivity contribution in [3.05, 3.63) is 52.0 Å². The molecule has 0 amide bonds. The van der Waals surface area contributed by atoms with Crippen molar-refractivity contribution in [3.8, 4) is 11.5 Å². The highest BCUT2D eigenvalue weighted by Crippen LogP contribution is 2.36. The zero-order valence-electron chi connectivity index (χ0n) is 12.8. The highest BCUT2D eigenvalue weighted by atomic mass is 35.5. The molecule has 0 saturated carbocycles. The van der Waals surface area contributed by atoms with E-state index in [2.05, 4.69) is 37.4 Å². The van der Waals surface area contributed by atoms with Crippen LogP contribution in [0.5, 0.6) is 11.5 Å². The molecule has 0 aliphatic heterocycles. The molecule has 2 rings (SSSR count). The molecule has 0 saturated heterocycles. The normalized spacial score (nSPS) is 10.3. The SMILES string of the molecule is COc1cc(NCc2cc(C)cc(C)c2)c(OC)cc1Cl. The molecule has 1 N–H and O–H groups in total. The van der Waals surface area contributed by atoms with Crippen molar-refractivity contribution in [2.24, 2.45) is 0 Å². The van der Waals surface area contributed by atoms with Crippen molar-refractivity contribution in [2.75, 3.05) is 19.5 Å². The van der Waals surface area contributed by atoms with Crippen molar-refractivity contribution in [1.29, 1.82) is 0 Å². The van der Waals surface area contributed by atoms with Crippen LogP contribution < -0.4 is 14.8 Å². The van der Waals surface area contributed by atoms with Crippen LogP contribution in [0.1, 0.15) is 16.7 Å². The van der Waals surface area contributed by atoms with Crippen LogP contribution in [0.3, 0.4) is 0 Å². The van der Waals surface area contributed by atoms with Gasteiger partial charge in [-0.25, -0.2) is 0 Å². The van der Waals surface area contributed by atoms with Crippen LogP contribution in [0.2, 0.25) is 5.02 Å². The second-order valence-corrected chi connectivity index (χ2v) is 5.44. The van der Waals surface area contributed by atoms with Gasteiger partial charge in [0.05, 0.1) is 24.9 Å². The van der Waals surface area contributed by atoms with Crippen LogP contribution in [0, 0.1) is 13.8 Å². The predicted molar refractivity (Wildman–Crippen MR) is 87.8 cm³/mol. The summed E-state index contributed by atoms with van der Waals surface area (Å²) in [5, 5.41) is 3.91. The zero-order valence-corrected chi connectivity index (χ0v) is 13.5. The van der Waals surface area contributed by atoms with E-state index in [-0.39, 0.29) is 0 Å². The summed E-state index contributed by atoms with van der Waals surface area (Å²) in [6.45, 7) is 4.91. The highest BCUT2D eigenvalue weighted by molar-refractivity contribution is 6.32. The Labute approximate surface area is 130 Å². The molecule has 0 fully saturated rings. The minimum absolute atomic E-state index is 0.534. The second-order valence-electron chi connectivity index (χ2n) is 5.04. The van der Waals surface area contributed by atoms with Gasteiger partial charge in [0.25, 0.3) is 0 Å². The summed E-state index contributed by atoms with van der Waals surface area (Å²) in [6, 6.07) is 10.1. The van der Waals surface area contributed by atoms with Gasteiger partial charge in [0, 0.05) is 18.7 Å². The van der Waals surface area contributed by atoms with Gasteiger partial charge in [0.15, 0.2) is 0 Å². The van der Waals surface area contributed by atoms with Gasteiger partial charge in [0.2, 0.25) is 0 Å². The van der Waals surface area contributed by atoms with Crippen LogP contribution >= 0.6 is 11.6 Å². The molecule has 2 aromatic rings. The Bertz CT molecular complexity index is 621. The lowest BCUT2D eigenvalue weighted by molar-refractivity contribution is 0.404. The van der Waals surface area contributed by atoms with Crippen molar-refractivity contribution in [3.63, 3.8) is 0 Å². The Morgan fingerprint density at radius 3 is 2.10 bits per heavy atom. The molecule has 0 aliphatic carbocycles. The first-order valence-electron chi connectivity index (χ1n) is 6.76. The fraction of sp³-hybridized carbons (Fsp3) is 0.294. The Morgan fingerprint density at radius 1 is 0.905 bits per heavy atom. The molecule has 0 atom stereocenters. The predicted octanol–water partition coefficient (Wildman–Crippen LogP) is 4.59. The third-order valence-corrected chi connectivity index (χ3v) is 3.53. The number of anilines is 1. The average molecular weight is 306 g/mol. The van der Waals surface area contributed by atoms with Crippen molar-refractivity contribution < 1.29 is 9.47 Å². The molecule has 0 heterocycles. The smallest absolute Gasteiger partial charge is 0.143 e. The van der Waals surface area contributed by atoms with Crippen LogP contribution in [-0.2, 0) is 6.54 Å². The number of nitrogens with one attached hydrogen (secondary N) is 1. The van der Waals surface area contributed by atoms with E-state index in [9.17, 15) is 0 Å². The maximum atomic E-state index is 6.11. The fourth-order valence-corrected chi connectivity index (χ4v) is 2.60. The number of methoxy groups -OCH3 is 2. The molecule has 112 valence electrons. The molecule has 3 nitrogen and oxygen atoms in total. The Morgan fingerprint density at radius 2 is 1.52 bits per heavy atom. The van der Waals surface area contributed by atoms with Crippen LogP contribution in [-0.4, -0.2) is 14.2 Å². The van der Waals surface area contributed by atoms with E-state index in [4.69, 9.17) is 21.1 Å². The average Bonchev–Trinajstić information content (AvgIpc) is 2.44. The first-order chi connectivity index (χ1) is 10.0. The summed E-state index contributed by atoms with van der Waals surface area (Å²) in [5.41, 5.74) is 4.60. The Kier molecular flexibility index (Phi) is 4.97. The summed E-state index contributed by atoms with van der Waals surface area (Å²) in [6.07, 6.45) is 0. The molecule has 4 heteroatoms. The number of halogens is 1. The number of benzene rings is 2. The number of hydrogen-bond donors (Lipinski definition) is 1. The number of rotatable bonds is 5. The largest absolute Gasteiger partial charge is 0.495 e. The lowest BCUT2D eigenvalue weighted by Crippen LogP contribution is -2.02. The summed E-state index contributed by atoms with van der Waals surface area (Å²) < 4.78 is 10.6. The molecule has 0 unspecified atom stereocenters. The fourth-order valence-electron chi connectivity index (χ4n) is 2.37. The van der Waals surface area contributed by atoms with Crippen molar-refractivity contribution in [2.45, 2.75) is 20.4 Å². The van der Waals surface area contributed by atoms with E-state index >= 15 is 0 Å². The van der Waals surface area contributed by atoms with Gasteiger partial charge in [-0.1, -0.05) is 40.9 Å². The monoisotopic (exact) mass is 305 g/mol. The molecule has 0 aromatic heterocycles. The van der Waals surface area contributed by atoms with Gasteiger partial charge in [-0.05, 0) is 19.4 Å². The third kappa shape index (κ3) is 3.82. The standard InChI is InChI=1S/C17H20ClNO2/c1-11-5-12(2)7-13(6-11)10-19-15-9-16(20-3)14(18)8-17(15)21-4/h5-9,19H,10H2,1-4H3. The molecule has 0 spiro atoms. The number of hydrogen-bond acceptors (Lipinski definition) is 3. The maximum absolute atomic E-state index is 6.11. The van der Waals surface area contributed by atoms with Gasteiger partial charge in [-0.2, -0.15) is 0 Å². The quantitative estimate of drug-likeness (QED) is 0.876. The lowest BCUT2D eigenvalue weighted by Gasteiger charge is -2.14. The molecule has 0 bridgehead atoms. The molecule has 0 aliphatic rings.